The summed E-state index contributed by atoms with van der Waals surface area (Å²) in [5.41, 5.74) is 2.15. The number of carbonyl (C=O) groups is 1. The normalized spacial score (nSPS) is 20.4. The van der Waals surface area contributed by atoms with Crippen LogP contribution < -0.4 is 5.46 Å². The summed E-state index contributed by atoms with van der Waals surface area (Å²) in [6.45, 7) is 2.09. The molecule has 0 amide bonds. The molecule has 0 saturated heterocycles. The standard InChI is InChI=1S/C13H16BFO/c1-2-8-3-4-9-6-10(14)7-11(15)13(9)12(16)5-8/h6-8H,2-5,14H2,1H3. The number of Topliss-reactive ketones (excluding diaryl/α,β-unsaturated/α-hetero) is 1. The summed E-state index contributed by atoms with van der Waals surface area (Å²) < 4.78 is 13.8. The van der Waals surface area contributed by atoms with E-state index in [9.17, 15) is 9.18 Å². The molecule has 0 saturated carbocycles. The lowest BCUT2D eigenvalue weighted by atomic mass is 9.90. The van der Waals surface area contributed by atoms with Crippen molar-refractivity contribution in [3.05, 3.63) is 29.1 Å². The van der Waals surface area contributed by atoms with Crippen LogP contribution in [0.3, 0.4) is 0 Å². The van der Waals surface area contributed by atoms with E-state index in [1.165, 1.54) is 6.07 Å². The molecular weight excluding hydrogens is 202 g/mol. The van der Waals surface area contributed by atoms with Gasteiger partial charge in [-0.1, -0.05) is 24.9 Å². The molecule has 1 aromatic carbocycles. The number of hydrogen-bond donors (Lipinski definition) is 0. The first-order chi connectivity index (χ1) is 7.61. The Kier molecular flexibility index (Phi) is 3.13. The number of halogens is 1. The van der Waals surface area contributed by atoms with Crippen LogP contribution in [0.25, 0.3) is 0 Å². The van der Waals surface area contributed by atoms with Crippen LogP contribution in [0.1, 0.15) is 42.1 Å². The maximum atomic E-state index is 13.8. The summed E-state index contributed by atoms with van der Waals surface area (Å²) in [6.07, 6.45) is 3.33. The predicted octanol–water partition coefficient (Wildman–Crippen LogP) is 1.63. The summed E-state index contributed by atoms with van der Waals surface area (Å²) in [5, 5.41) is 0. The minimum atomic E-state index is -0.336. The molecule has 1 atom stereocenters. The number of fused-ring (bicyclic) bond motifs is 1. The van der Waals surface area contributed by atoms with Crippen molar-refractivity contribution in [3.8, 4) is 0 Å². The number of carbonyl (C=O) groups excluding carboxylic acids is 1. The summed E-state index contributed by atoms with van der Waals surface area (Å²) >= 11 is 0. The van der Waals surface area contributed by atoms with Crippen molar-refractivity contribution in [3.63, 3.8) is 0 Å². The van der Waals surface area contributed by atoms with Gasteiger partial charge in [0.05, 0.1) is 5.56 Å². The fourth-order valence-electron chi connectivity index (χ4n) is 2.50. The summed E-state index contributed by atoms with van der Waals surface area (Å²) in [5.74, 6) is 0.0632. The van der Waals surface area contributed by atoms with Crippen LogP contribution in [-0.4, -0.2) is 13.6 Å². The molecule has 0 heterocycles. The molecule has 0 fully saturated rings. The maximum Gasteiger partial charge on any atom is 0.166 e. The van der Waals surface area contributed by atoms with Crippen molar-refractivity contribution in [1.82, 2.24) is 0 Å². The van der Waals surface area contributed by atoms with E-state index in [0.717, 1.165) is 30.3 Å². The van der Waals surface area contributed by atoms with Crippen molar-refractivity contribution in [2.24, 2.45) is 5.92 Å². The highest BCUT2D eigenvalue weighted by Crippen LogP contribution is 2.27. The van der Waals surface area contributed by atoms with E-state index < -0.39 is 0 Å². The Morgan fingerprint density at radius 1 is 1.50 bits per heavy atom. The van der Waals surface area contributed by atoms with Crippen molar-refractivity contribution in [2.75, 3.05) is 0 Å². The summed E-state index contributed by atoms with van der Waals surface area (Å²) in [4.78, 5) is 12.0. The monoisotopic (exact) mass is 218 g/mol. The molecule has 0 bridgehead atoms. The third-order valence-corrected chi connectivity index (χ3v) is 3.47. The van der Waals surface area contributed by atoms with Gasteiger partial charge in [0.2, 0.25) is 0 Å². The van der Waals surface area contributed by atoms with Gasteiger partial charge in [0.25, 0.3) is 0 Å². The molecule has 1 aliphatic carbocycles. The molecule has 0 N–H and O–H groups in total. The molecule has 1 nitrogen and oxygen atoms in total. The van der Waals surface area contributed by atoms with E-state index in [0.29, 0.717) is 17.9 Å². The Morgan fingerprint density at radius 2 is 2.25 bits per heavy atom. The van der Waals surface area contributed by atoms with Gasteiger partial charge < -0.3 is 0 Å². The number of aryl methyl sites for hydroxylation is 1. The van der Waals surface area contributed by atoms with Gasteiger partial charge in [0.1, 0.15) is 13.7 Å². The highest BCUT2D eigenvalue weighted by Gasteiger charge is 2.24. The highest BCUT2D eigenvalue weighted by atomic mass is 19.1. The largest absolute Gasteiger partial charge is 0.294 e. The van der Waals surface area contributed by atoms with Gasteiger partial charge >= 0.3 is 0 Å². The fraction of sp³-hybridized carbons (Fsp3) is 0.462. The van der Waals surface area contributed by atoms with Crippen LogP contribution in [0.4, 0.5) is 4.39 Å². The average molecular weight is 218 g/mol. The van der Waals surface area contributed by atoms with Crippen LogP contribution in [0.5, 0.6) is 0 Å². The van der Waals surface area contributed by atoms with E-state index in [2.05, 4.69) is 6.92 Å². The molecule has 0 radical (unpaired) electrons. The van der Waals surface area contributed by atoms with E-state index in [-0.39, 0.29) is 11.6 Å². The molecule has 1 aliphatic rings. The first-order valence-corrected chi connectivity index (χ1v) is 5.94. The first kappa shape index (κ1) is 11.4. The van der Waals surface area contributed by atoms with Crippen LogP contribution in [0.2, 0.25) is 0 Å². The SMILES string of the molecule is Bc1cc(F)c2c(c1)CCC(CC)CC2=O. The minimum Gasteiger partial charge on any atom is -0.294 e. The van der Waals surface area contributed by atoms with Crippen LogP contribution in [0, 0.1) is 11.7 Å². The molecule has 84 valence electrons. The fourth-order valence-corrected chi connectivity index (χ4v) is 2.50. The lowest BCUT2D eigenvalue weighted by molar-refractivity contribution is 0.0959. The second kappa shape index (κ2) is 4.40. The molecular formula is C13H16BFO. The smallest absolute Gasteiger partial charge is 0.166 e. The Labute approximate surface area is 96.5 Å². The molecule has 16 heavy (non-hydrogen) atoms. The number of benzene rings is 1. The third kappa shape index (κ3) is 2.04. The zero-order valence-electron chi connectivity index (χ0n) is 9.85. The Bertz CT molecular complexity index is 428. The highest BCUT2D eigenvalue weighted by molar-refractivity contribution is 6.32. The molecule has 2 rings (SSSR count). The predicted molar refractivity (Wildman–Crippen MR) is 65.6 cm³/mol. The maximum absolute atomic E-state index is 13.8. The van der Waals surface area contributed by atoms with Gasteiger partial charge in [0, 0.05) is 6.42 Å². The van der Waals surface area contributed by atoms with E-state index in [1.807, 2.05) is 13.9 Å². The zero-order chi connectivity index (χ0) is 11.7. The Hall–Kier alpha value is -1.12. The Balaban J connectivity index is 2.45. The molecule has 1 aromatic rings. The zero-order valence-corrected chi connectivity index (χ0v) is 9.85. The molecule has 3 heteroatoms. The minimum absolute atomic E-state index is 0.0168. The molecule has 0 aromatic heterocycles. The van der Waals surface area contributed by atoms with Crippen molar-refractivity contribution < 1.29 is 9.18 Å². The van der Waals surface area contributed by atoms with E-state index in [4.69, 9.17) is 0 Å². The van der Waals surface area contributed by atoms with Gasteiger partial charge in [-0.05, 0) is 30.4 Å². The van der Waals surface area contributed by atoms with Crippen LogP contribution in [-0.2, 0) is 6.42 Å². The topological polar surface area (TPSA) is 17.1 Å². The van der Waals surface area contributed by atoms with E-state index >= 15 is 0 Å². The van der Waals surface area contributed by atoms with Gasteiger partial charge in [0.15, 0.2) is 5.78 Å². The van der Waals surface area contributed by atoms with Crippen LogP contribution in [0.15, 0.2) is 12.1 Å². The quantitative estimate of drug-likeness (QED) is 0.517. The third-order valence-electron chi connectivity index (χ3n) is 3.47. The molecule has 1 unspecified atom stereocenters. The van der Waals surface area contributed by atoms with Crippen molar-refractivity contribution >= 4 is 19.1 Å². The molecule has 0 spiro atoms. The second-order valence-corrected chi connectivity index (χ2v) is 4.72. The van der Waals surface area contributed by atoms with Gasteiger partial charge in [-0.15, -0.1) is 0 Å². The average Bonchev–Trinajstić information content (AvgIpc) is 2.37. The lowest BCUT2D eigenvalue weighted by Crippen LogP contribution is -2.12. The van der Waals surface area contributed by atoms with Crippen molar-refractivity contribution in [2.45, 2.75) is 32.6 Å². The first-order valence-electron chi connectivity index (χ1n) is 5.94. The number of ketones is 1. The number of rotatable bonds is 1. The number of hydrogen-bond acceptors (Lipinski definition) is 1. The second-order valence-electron chi connectivity index (χ2n) is 4.72. The summed E-state index contributed by atoms with van der Waals surface area (Å²) in [6, 6.07) is 3.41. The van der Waals surface area contributed by atoms with Crippen LogP contribution >= 0.6 is 0 Å². The van der Waals surface area contributed by atoms with Gasteiger partial charge in [-0.25, -0.2) is 4.39 Å². The van der Waals surface area contributed by atoms with E-state index in [1.54, 1.807) is 0 Å². The van der Waals surface area contributed by atoms with Gasteiger partial charge in [-0.3, -0.25) is 4.79 Å². The van der Waals surface area contributed by atoms with Gasteiger partial charge in [-0.2, -0.15) is 0 Å². The lowest BCUT2D eigenvalue weighted by Gasteiger charge is -2.08. The Morgan fingerprint density at radius 3 is 2.94 bits per heavy atom. The molecule has 0 aliphatic heterocycles. The van der Waals surface area contributed by atoms with Crippen molar-refractivity contribution in [1.29, 1.82) is 0 Å². The summed E-state index contributed by atoms with van der Waals surface area (Å²) in [7, 11) is 1.87.